The van der Waals surface area contributed by atoms with Crippen LogP contribution >= 0.6 is 0 Å². The molecule has 2 heteroatoms. The van der Waals surface area contributed by atoms with Crippen LogP contribution in [0.25, 0.3) is 0 Å². The van der Waals surface area contributed by atoms with Gasteiger partial charge < -0.3 is 9.84 Å². The average molecular weight is 222 g/mol. The molecule has 0 radical (unpaired) electrons. The maximum absolute atomic E-state index is 9.67. The van der Waals surface area contributed by atoms with Gasteiger partial charge in [-0.05, 0) is 38.2 Å². The van der Waals surface area contributed by atoms with Gasteiger partial charge in [-0.2, -0.15) is 0 Å². The Morgan fingerprint density at radius 2 is 1.94 bits per heavy atom. The fourth-order valence-electron chi connectivity index (χ4n) is 1.69. The first-order chi connectivity index (χ1) is 7.83. The smallest absolute Gasteiger partial charge is 0.0562 e. The molecule has 1 aromatic rings. The molecule has 1 unspecified atom stereocenters. The van der Waals surface area contributed by atoms with Crippen molar-refractivity contribution in [3.05, 3.63) is 35.9 Å². The summed E-state index contributed by atoms with van der Waals surface area (Å²) >= 11 is 0. The highest BCUT2D eigenvalue weighted by Crippen LogP contribution is 2.08. The second kappa shape index (κ2) is 8.31. The summed E-state index contributed by atoms with van der Waals surface area (Å²) in [5.41, 5.74) is 1.35. The molecule has 1 rings (SSSR count). The Bertz CT molecular complexity index is 259. The molecular formula is C14H22O2. The molecular weight excluding hydrogens is 200 g/mol. The molecule has 0 aliphatic carbocycles. The lowest BCUT2D eigenvalue weighted by Crippen LogP contribution is -2.10. The van der Waals surface area contributed by atoms with Gasteiger partial charge in [-0.3, -0.25) is 0 Å². The number of aryl methyl sites for hydroxylation is 1. The van der Waals surface area contributed by atoms with Crippen LogP contribution in [-0.2, 0) is 11.2 Å². The summed E-state index contributed by atoms with van der Waals surface area (Å²) in [4.78, 5) is 0. The van der Waals surface area contributed by atoms with Gasteiger partial charge in [0.15, 0.2) is 0 Å². The third-order valence-electron chi connectivity index (χ3n) is 2.65. The Labute approximate surface area is 98.3 Å². The fourth-order valence-corrected chi connectivity index (χ4v) is 1.69. The summed E-state index contributed by atoms with van der Waals surface area (Å²) in [7, 11) is 0. The van der Waals surface area contributed by atoms with E-state index in [1.165, 1.54) is 5.56 Å². The van der Waals surface area contributed by atoms with Crippen LogP contribution in [0.3, 0.4) is 0 Å². The second-order valence-electron chi connectivity index (χ2n) is 4.02. The summed E-state index contributed by atoms with van der Waals surface area (Å²) < 4.78 is 5.21. The largest absolute Gasteiger partial charge is 0.393 e. The normalized spacial score (nSPS) is 12.6. The molecule has 16 heavy (non-hydrogen) atoms. The van der Waals surface area contributed by atoms with Gasteiger partial charge in [0.2, 0.25) is 0 Å². The molecule has 0 bridgehead atoms. The quantitative estimate of drug-likeness (QED) is 0.685. The van der Waals surface area contributed by atoms with Crippen LogP contribution in [0.15, 0.2) is 30.3 Å². The second-order valence-corrected chi connectivity index (χ2v) is 4.02. The van der Waals surface area contributed by atoms with Gasteiger partial charge in [-0.15, -0.1) is 0 Å². The monoisotopic (exact) mass is 222 g/mol. The topological polar surface area (TPSA) is 29.5 Å². The zero-order valence-corrected chi connectivity index (χ0v) is 10.1. The lowest BCUT2D eigenvalue weighted by Gasteiger charge is -2.10. The van der Waals surface area contributed by atoms with E-state index >= 15 is 0 Å². The lowest BCUT2D eigenvalue weighted by molar-refractivity contribution is 0.0833. The van der Waals surface area contributed by atoms with Crippen LogP contribution in [0.1, 0.15) is 31.7 Å². The molecule has 0 fully saturated rings. The molecule has 1 N–H and O–H groups in total. The number of rotatable bonds is 8. The number of aliphatic hydroxyl groups is 1. The van der Waals surface area contributed by atoms with Crippen molar-refractivity contribution < 1.29 is 9.84 Å². The van der Waals surface area contributed by atoms with E-state index in [0.717, 1.165) is 32.3 Å². The van der Waals surface area contributed by atoms with E-state index < -0.39 is 0 Å². The van der Waals surface area contributed by atoms with Crippen molar-refractivity contribution in [1.82, 2.24) is 0 Å². The Morgan fingerprint density at radius 1 is 1.19 bits per heavy atom. The first kappa shape index (κ1) is 13.2. The van der Waals surface area contributed by atoms with Crippen LogP contribution in [0.4, 0.5) is 0 Å². The maximum atomic E-state index is 9.67. The van der Waals surface area contributed by atoms with Gasteiger partial charge in [-0.1, -0.05) is 30.3 Å². The van der Waals surface area contributed by atoms with Gasteiger partial charge in [-0.25, -0.2) is 0 Å². The summed E-state index contributed by atoms with van der Waals surface area (Å²) in [5, 5.41) is 9.67. The van der Waals surface area contributed by atoms with Crippen LogP contribution < -0.4 is 0 Å². The molecule has 0 saturated carbocycles. The molecule has 0 aliphatic rings. The van der Waals surface area contributed by atoms with E-state index in [0.29, 0.717) is 6.61 Å². The highest BCUT2D eigenvalue weighted by molar-refractivity contribution is 5.14. The highest BCUT2D eigenvalue weighted by Gasteiger charge is 2.03. The Hall–Kier alpha value is -0.860. The van der Waals surface area contributed by atoms with Crippen molar-refractivity contribution in [2.75, 3.05) is 13.2 Å². The molecule has 0 heterocycles. The van der Waals surface area contributed by atoms with Gasteiger partial charge in [0.05, 0.1) is 6.10 Å². The number of benzene rings is 1. The molecule has 0 spiro atoms. The summed E-state index contributed by atoms with van der Waals surface area (Å²) in [5.74, 6) is 0. The van der Waals surface area contributed by atoms with Crippen LogP contribution in [0.5, 0.6) is 0 Å². The SMILES string of the molecule is CCOCCC(O)CCCc1ccccc1. The standard InChI is InChI=1S/C14H22O2/c1-2-16-12-11-14(15)10-6-9-13-7-4-3-5-8-13/h3-5,7-8,14-15H,2,6,9-12H2,1H3. The molecule has 90 valence electrons. The molecule has 0 aliphatic heterocycles. The van der Waals surface area contributed by atoms with Crippen molar-refractivity contribution in [3.8, 4) is 0 Å². The number of hydrogen-bond donors (Lipinski definition) is 1. The zero-order chi connectivity index (χ0) is 11.6. The van der Waals surface area contributed by atoms with Gasteiger partial charge >= 0.3 is 0 Å². The predicted octanol–water partition coefficient (Wildman–Crippen LogP) is 2.80. The third-order valence-corrected chi connectivity index (χ3v) is 2.65. The van der Waals surface area contributed by atoms with E-state index in [9.17, 15) is 5.11 Å². The van der Waals surface area contributed by atoms with E-state index in [-0.39, 0.29) is 6.10 Å². The van der Waals surface area contributed by atoms with Gasteiger partial charge in [0, 0.05) is 13.2 Å². The van der Waals surface area contributed by atoms with Gasteiger partial charge in [0.25, 0.3) is 0 Å². The predicted molar refractivity (Wildman–Crippen MR) is 66.5 cm³/mol. The highest BCUT2D eigenvalue weighted by atomic mass is 16.5. The Kier molecular flexibility index (Phi) is 6.86. The molecule has 1 atom stereocenters. The van der Waals surface area contributed by atoms with Crippen molar-refractivity contribution >= 4 is 0 Å². The molecule has 0 amide bonds. The van der Waals surface area contributed by atoms with E-state index in [4.69, 9.17) is 4.74 Å². The van der Waals surface area contributed by atoms with Crippen LogP contribution in [0.2, 0.25) is 0 Å². The first-order valence-corrected chi connectivity index (χ1v) is 6.12. The van der Waals surface area contributed by atoms with Crippen molar-refractivity contribution in [2.45, 2.75) is 38.7 Å². The maximum Gasteiger partial charge on any atom is 0.0562 e. The zero-order valence-electron chi connectivity index (χ0n) is 10.1. The number of aliphatic hydroxyl groups excluding tert-OH is 1. The third kappa shape index (κ3) is 5.89. The van der Waals surface area contributed by atoms with E-state index in [2.05, 4.69) is 24.3 Å². The van der Waals surface area contributed by atoms with Crippen LogP contribution in [-0.4, -0.2) is 24.4 Å². The number of ether oxygens (including phenoxy) is 1. The number of hydrogen-bond acceptors (Lipinski definition) is 2. The summed E-state index contributed by atoms with van der Waals surface area (Å²) in [6.45, 7) is 3.38. The summed E-state index contributed by atoms with van der Waals surface area (Å²) in [6, 6.07) is 10.4. The van der Waals surface area contributed by atoms with Crippen molar-refractivity contribution in [1.29, 1.82) is 0 Å². The fraction of sp³-hybridized carbons (Fsp3) is 0.571. The molecule has 0 saturated heterocycles. The minimum atomic E-state index is -0.213. The van der Waals surface area contributed by atoms with E-state index in [1.54, 1.807) is 0 Å². The van der Waals surface area contributed by atoms with Gasteiger partial charge in [0.1, 0.15) is 0 Å². The minimum Gasteiger partial charge on any atom is -0.393 e. The molecule has 1 aromatic carbocycles. The summed E-state index contributed by atoms with van der Waals surface area (Å²) in [6.07, 6.45) is 3.49. The molecule has 2 nitrogen and oxygen atoms in total. The minimum absolute atomic E-state index is 0.213. The van der Waals surface area contributed by atoms with Crippen LogP contribution in [0, 0.1) is 0 Å². The average Bonchev–Trinajstić information content (AvgIpc) is 2.31. The lowest BCUT2D eigenvalue weighted by atomic mass is 10.0. The molecule has 0 aromatic heterocycles. The Morgan fingerprint density at radius 3 is 2.62 bits per heavy atom. The van der Waals surface area contributed by atoms with Crippen molar-refractivity contribution in [3.63, 3.8) is 0 Å². The van der Waals surface area contributed by atoms with E-state index in [1.807, 2.05) is 13.0 Å². The first-order valence-electron chi connectivity index (χ1n) is 6.12. The Balaban J connectivity index is 2.06. The van der Waals surface area contributed by atoms with Crippen molar-refractivity contribution in [2.24, 2.45) is 0 Å².